The first-order valence-electron chi connectivity index (χ1n) is 11.0. The topological polar surface area (TPSA) is 78.3 Å². The number of hydrogen-bond donors (Lipinski definition) is 1. The molecule has 1 amide bonds. The Bertz CT molecular complexity index is 1270. The summed E-state index contributed by atoms with van der Waals surface area (Å²) in [7, 11) is 0. The fourth-order valence-electron chi connectivity index (χ4n) is 3.40. The molecule has 0 saturated carbocycles. The van der Waals surface area contributed by atoms with E-state index in [1.165, 1.54) is 12.1 Å². The van der Waals surface area contributed by atoms with Gasteiger partial charge in [-0.1, -0.05) is 30.3 Å². The lowest BCUT2D eigenvalue weighted by molar-refractivity contribution is 0.102. The second-order valence-electron chi connectivity index (χ2n) is 7.50. The molecule has 0 radical (unpaired) electrons. The van der Waals surface area contributed by atoms with Crippen LogP contribution < -0.4 is 10.1 Å². The van der Waals surface area contributed by atoms with Crippen LogP contribution in [0, 0.1) is 12.7 Å². The number of ether oxygens (including phenoxy) is 2. The molecule has 0 atom stereocenters. The van der Waals surface area contributed by atoms with Gasteiger partial charge in [0.25, 0.3) is 5.91 Å². The lowest BCUT2D eigenvalue weighted by atomic mass is 10.1. The van der Waals surface area contributed by atoms with Crippen molar-refractivity contribution in [2.24, 2.45) is 0 Å². The number of benzene rings is 3. The molecule has 4 rings (SSSR count). The number of nitrogens with zero attached hydrogens (tertiary/aromatic N) is 3. The predicted molar refractivity (Wildman–Crippen MR) is 128 cm³/mol. The zero-order valence-electron chi connectivity index (χ0n) is 19.0. The van der Waals surface area contributed by atoms with Crippen LogP contribution in [0.15, 0.2) is 72.8 Å². The Kier molecular flexibility index (Phi) is 7.29. The van der Waals surface area contributed by atoms with Crippen LogP contribution in [-0.4, -0.2) is 40.5 Å². The molecule has 7 nitrogen and oxygen atoms in total. The number of rotatable bonds is 9. The second kappa shape index (κ2) is 10.7. The number of aryl methyl sites for hydroxylation is 1. The van der Waals surface area contributed by atoms with Gasteiger partial charge < -0.3 is 14.8 Å². The normalized spacial score (nSPS) is 10.8. The molecule has 1 N–H and O–H groups in total. The average Bonchev–Trinajstić information content (AvgIpc) is 3.27. The van der Waals surface area contributed by atoms with Gasteiger partial charge in [0, 0.05) is 23.4 Å². The largest absolute Gasteiger partial charge is 0.460 e. The van der Waals surface area contributed by atoms with E-state index in [0.717, 1.165) is 5.56 Å². The standard InChI is InChI=1S/C26H25FN4O3/c1-3-33-15-16-34-26-29-24(19-8-6-9-20(27)17-19)31(30-26)22-13-11-21(12-14-22)28-25(32)23-10-5-4-7-18(23)2/h4-14,17H,3,15-16H2,1-2H3,(H,28,32). The van der Waals surface area contributed by atoms with Crippen LogP contribution in [0.4, 0.5) is 10.1 Å². The van der Waals surface area contributed by atoms with E-state index in [1.807, 2.05) is 32.0 Å². The monoisotopic (exact) mass is 460 g/mol. The molecule has 174 valence electrons. The van der Waals surface area contributed by atoms with Gasteiger partial charge in [0.15, 0.2) is 5.82 Å². The van der Waals surface area contributed by atoms with Gasteiger partial charge in [0.1, 0.15) is 12.4 Å². The Morgan fingerprint density at radius 1 is 1.03 bits per heavy atom. The van der Waals surface area contributed by atoms with Crippen LogP contribution in [0.25, 0.3) is 17.1 Å². The second-order valence-corrected chi connectivity index (χ2v) is 7.50. The highest BCUT2D eigenvalue weighted by Crippen LogP contribution is 2.25. The molecule has 0 aliphatic carbocycles. The number of halogens is 1. The minimum atomic E-state index is -0.375. The third-order valence-electron chi connectivity index (χ3n) is 5.09. The molecular weight excluding hydrogens is 435 g/mol. The molecule has 34 heavy (non-hydrogen) atoms. The molecule has 0 spiro atoms. The van der Waals surface area contributed by atoms with Crippen molar-refractivity contribution in [3.8, 4) is 23.1 Å². The molecule has 1 aromatic heterocycles. The number of carbonyl (C=O) groups excluding carboxylic acids is 1. The summed E-state index contributed by atoms with van der Waals surface area (Å²) >= 11 is 0. The van der Waals surface area contributed by atoms with E-state index >= 15 is 0 Å². The third-order valence-corrected chi connectivity index (χ3v) is 5.09. The van der Waals surface area contributed by atoms with Crippen LogP contribution in [0.2, 0.25) is 0 Å². The van der Waals surface area contributed by atoms with Crippen LogP contribution in [-0.2, 0) is 4.74 Å². The third kappa shape index (κ3) is 5.47. The summed E-state index contributed by atoms with van der Waals surface area (Å²) in [5, 5.41) is 7.36. The number of aromatic nitrogens is 3. The summed E-state index contributed by atoms with van der Waals surface area (Å²) in [5.74, 6) is -0.125. The minimum Gasteiger partial charge on any atom is -0.460 e. The van der Waals surface area contributed by atoms with Gasteiger partial charge in [-0.05, 0) is 61.9 Å². The van der Waals surface area contributed by atoms with Crippen molar-refractivity contribution >= 4 is 11.6 Å². The van der Waals surface area contributed by atoms with Crippen molar-refractivity contribution in [2.75, 3.05) is 25.1 Å². The highest BCUT2D eigenvalue weighted by molar-refractivity contribution is 6.05. The maximum Gasteiger partial charge on any atom is 0.336 e. The molecule has 3 aromatic carbocycles. The van der Waals surface area contributed by atoms with Gasteiger partial charge in [-0.25, -0.2) is 9.07 Å². The van der Waals surface area contributed by atoms with Crippen LogP contribution >= 0.6 is 0 Å². The number of nitrogens with one attached hydrogen (secondary N) is 1. The molecule has 0 saturated heterocycles. The summed E-state index contributed by atoms with van der Waals surface area (Å²) in [4.78, 5) is 17.1. The molecular formula is C26H25FN4O3. The van der Waals surface area contributed by atoms with E-state index < -0.39 is 0 Å². The van der Waals surface area contributed by atoms with Gasteiger partial charge >= 0.3 is 6.01 Å². The fraction of sp³-hybridized carbons (Fsp3) is 0.192. The Labute approximate surface area is 197 Å². The van der Waals surface area contributed by atoms with Crippen molar-refractivity contribution in [1.82, 2.24) is 14.8 Å². The van der Waals surface area contributed by atoms with E-state index in [2.05, 4.69) is 15.4 Å². The van der Waals surface area contributed by atoms with Crippen LogP contribution in [0.3, 0.4) is 0 Å². The van der Waals surface area contributed by atoms with Crippen molar-refractivity contribution in [3.63, 3.8) is 0 Å². The highest BCUT2D eigenvalue weighted by Gasteiger charge is 2.16. The Hall–Kier alpha value is -4.04. The Morgan fingerprint density at radius 2 is 1.82 bits per heavy atom. The SMILES string of the molecule is CCOCCOc1nc(-c2cccc(F)c2)n(-c2ccc(NC(=O)c3ccccc3C)cc2)n1. The summed E-state index contributed by atoms with van der Waals surface area (Å²) in [6.07, 6.45) is 0. The molecule has 0 aliphatic heterocycles. The number of anilines is 1. The van der Waals surface area contributed by atoms with Gasteiger partial charge in [0.05, 0.1) is 12.3 Å². The van der Waals surface area contributed by atoms with Crippen molar-refractivity contribution in [1.29, 1.82) is 0 Å². The minimum absolute atomic E-state index is 0.163. The van der Waals surface area contributed by atoms with Crippen molar-refractivity contribution in [2.45, 2.75) is 13.8 Å². The molecule has 0 unspecified atom stereocenters. The Balaban J connectivity index is 1.59. The summed E-state index contributed by atoms with van der Waals surface area (Å²) < 4.78 is 26.4. The Morgan fingerprint density at radius 3 is 2.56 bits per heavy atom. The molecule has 8 heteroatoms. The van der Waals surface area contributed by atoms with Crippen molar-refractivity contribution < 1.29 is 18.7 Å². The summed E-state index contributed by atoms with van der Waals surface area (Å²) in [5.41, 5.74) is 3.39. The lowest BCUT2D eigenvalue weighted by Crippen LogP contribution is -2.13. The first-order chi connectivity index (χ1) is 16.5. The van der Waals surface area contributed by atoms with Crippen LogP contribution in [0.5, 0.6) is 6.01 Å². The van der Waals surface area contributed by atoms with Gasteiger partial charge in [-0.15, -0.1) is 5.10 Å². The van der Waals surface area contributed by atoms with Gasteiger partial charge in [0.2, 0.25) is 0 Å². The van der Waals surface area contributed by atoms with E-state index in [-0.39, 0.29) is 17.7 Å². The zero-order valence-corrected chi connectivity index (χ0v) is 19.0. The zero-order chi connectivity index (χ0) is 23.9. The average molecular weight is 461 g/mol. The summed E-state index contributed by atoms with van der Waals surface area (Å²) in [6.45, 7) is 5.10. The molecule has 0 aliphatic rings. The van der Waals surface area contributed by atoms with Gasteiger partial charge in [-0.3, -0.25) is 4.79 Å². The molecule has 0 bridgehead atoms. The smallest absolute Gasteiger partial charge is 0.336 e. The maximum atomic E-state index is 13.9. The number of hydrogen-bond acceptors (Lipinski definition) is 5. The molecule has 1 heterocycles. The van der Waals surface area contributed by atoms with E-state index in [1.54, 1.807) is 47.1 Å². The maximum absolute atomic E-state index is 13.9. The number of amides is 1. The van der Waals surface area contributed by atoms with Gasteiger partial charge in [-0.2, -0.15) is 4.98 Å². The molecule has 4 aromatic rings. The quantitative estimate of drug-likeness (QED) is 0.354. The first-order valence-corrected chi connectivity index (χ1v) is 11.0. The predicted octanol–water partition coefficient (Wildman–Crippen LogP) is 5.05. The van der Waals surface area contributed by atoms with Crippen LogP contribution in [0.1, 0.15) is 22.8 Å². The fourth-order valence-corrected chi connectivity index (χ4v) is 3.40. The summed E-state index contributed by atoms with van der Waals surface area (Å²) in [6, 6.07) is 20.8. The number of carbonyl (C=O) groups is 1. The highest BCUT2D eigenvalue weighted by atomic mass is 19.1. The first kappa shape index (κ1) is 23.1. The van der Waals surface area contributed by atoms with E-state index in [4.69, 9.17) is 9.47 Å². The molecule has 0 fully saturated rings. The van der Waals surface area contributed by atoms with E-state index in [9.17, 15) is 9.18 Å². The lowest BCUT2D eigenvalue weighted by Gasteiger charge is -2.09. The van der Waals surface area contributed by atoms with Crippen molar-refractivity contribution in [3.05, 3.63) is 89.7 Å². The van der Waals surface area contributed by atoms with E-state index in [0.29, 0.717) is 48.1 Å².